The van der Waals surface area contributed by atoms with E-state index in [4.69, 9.17) is 4.74 Å². The highest BCUT2D eigenvalue weighted by atomic mass is 16.5. The lowest BCUT2D eigenvalue weighted by Crippen LogP contribution is -2.54. The van der Waals surface area contributed by atoms with Crippen LogP contribution in [0.3, 0.4) is 0 Å². The summed E-state index contributed by atoms with van der Waals surface area (Å²) >= 11 is 0. The van der Waals surface area contributed by atoms with Crippen LogP contribution in [0.1, 0.15) is 49.0 Å². The number of aromatic nitrogens is 2. The number of aliphatic hydroxyl groups excluding tert-OH is 1. The lowest BCUT2D eigenvalue weighted by Gasteiger charge is -2.45. The molecule has 7 heteroatoms. The van der Waals surface area contributed by atoms with Gasteiger partial charge in [-0.3, -0.25) is 4.68 Å². The van der Waals surface area contributed by atoms with E-state index < -0.39 is 11.7 Å². The average Bonchev–Trinajstić information content (AvgIpc) is 3.36. The number of rotatable bonds is 2. The van der Waals surface area contributed by atoms with Crippen LogP contribution in [0.15, 0.2) is 36.5 Å². The summed E-state index contributed by atoms with van der Waals surface area (Å²) in [6.45, 7) is 1.27. The van der Waals surface area contributed by atoms with Crippen molar-refractivity contribution in [1.29, 1.82) is 0 Å². The smallest absolute Gasteiger partial charge is 0.317 e. The monoisotopic (exact) mass is 382 g/mol. The van der Waals surface area contributed by atoms with E-state index in [0.29, 0.717) is 31.2 Å². The quantitative estimate of drug-likeness (QED) is 0.836. The van der Waals surface area contributed by atoms with Gasteiger partial charge in [0.25, 0.3) is 0 Å². The molecule has 0 bridgehead atoms. The number of piperidine rings is 1. The summed E-state index contributed by atoms with van der Waals surface area (Å²) in [6, 6.07) is 10.6. The van der Waals surface area contributed by atoms with Gasteiger partial charge in [0.1, 0.15) is 17.4 Å². The molecule has 1 aromatic heterocycles. The summed E-state index contributed by atoms with van der Waals surface area (Å²) in [5.74, 6) is 1.10. The summed E-state index contributed by atoms with van der Waals surface area (Å²) in [5, 5.41) is 17.9. The molecule has 3 heterocycles. The van der Waals surface area contributed by atoms with Gasteiger partial charge in [0.15, 0.2) is 5.75 Å². The Morgan fingerprint density at radius 2 is 2.04 bits per heavy atom. The van der Waals surface area contributed by atoms with Crippen molar-refractivity contribution in [1.82, 2.24) is 20.0 Å². The predicted octanol–water partition coefficient (Wildman–Crippen LogP) is 2.34. The van der Waals surface area contributed by atoms with Gasteiger partial charge >= 0.3 is 6.03 Å². The molecular weight excluding hydrogens is 356 g/mol. The summed E-state index contributed by atoms with van der Waals surface area (Å²) in [6.07, 6.45) is 4.10. The van der Waals surface area contributed by atoms with E-state index in [0.717, 1.165) is 25.0 Å². The number of nitrogens with zero attached hydrogens (tertiary/aromatic N) is 3. The normalized spacial score (nSPS) is 27.8. The minimum absolute atomic E-state index is 0.0108. The molecule has 2 fully saturated rings. The van der Waals surface area contributed by atoms with Gasteiger partial charge in [-0.2, -0.15) is 5.10 Å². The maximum Gasteiger partial charge on any atom is 0.317 e. The Balaban J connectivity index is 1.17. The zero-order valence-corrected chi connectivity index (χ0v) is 16.0. The summed E-state index contributed by atoms with van der Waals surface area (Å²) in [5.41, 5.74) is 1.63. The average molecular weight is 382 g/mol. The fraction of sp³-hybridized carbons (Fsp3) is 0.524. The molecule has 7 nitrogen and oxygen atoms in total. The van der Waals surface area contributed by atoms with Gasteiger partial charge in [-0.05, 0) is 12.0 Å². The van der Waals surface area contributed by atoms with Crippen LogP contribution >= 0.6 is 0 Å². The molecule has 1 spiro atoms. The number of aryl methyl sites for hydroxylation is 1. The predicted molar refractivity (Wildman–Crippen MR) is 103 cm³/mol. The summed E-state index contributed by atoms with van der Waals surface area (Å²) in [4.78, 5) is 14.5. The first-order valence-corrected chi connectivity index (χ1v) is 10.0. The highest BCUT2D eigenvalue weighted by Gasteiger charge is 2.46. The van der Waals surface area contributed by atoms with E-state index >= 15 is 0 Å². The Morgan fingerprint density at radius 3 is 2.79 bits per heavy atom. The molecule has 2 N–H and O–H groups in total. The maximum atomic E-state index is 12.7. The number of carbonyl (C=O) groups is 1. The van der Waals surface area contributed by atoms with Crippen LogP contribution in [-0.2, 0) is 7.05 Å². The first kappa shape index (κ1) is 17.6. The van der Waals surface area contributed by atoms with E-state index in [1.165, 1.54) is 5.56 Å². The van der Waals surface area contributed by atoms with Crippen molar-refractivity contribution in [2.24, 2.45) is 7.05 Å². The minimum atomic E-state index is -0.574. The Labute approximate surface area is 164 Å². The molecular formula is C21H26N4O3. The lowest BCUT2D eigenvalue weighted by molar-refractivity contribution is -0.0498. The van der Waals surface area contributed by atoms with Gasteiger partial charge in [-0.25, -0.2) is 4.79 Å². The van der Waals surface area contributed by atoms with Gasteiger partial charge in [-0.1, -0.05) is 30.3 Å². The van der Waals surface area contributed by atoms with Gasteiger partial charge in [0.2, 0.25) is 0 Å². The number of likely N-dealkylation sites (tertiary alicyclic amines) is 1. The number of amides is 2. The molecule has 2 amide bonds. The van der Waals surface area contributed by atoms with Crippen LogP contribution < -0.4 is 10.1 Å². The number of nitrogens with one attached hydrogen (secondary N) is 1. The number of urea groups is 1. The molecule has 28 heavy (non-hydrogen) atoms. The standard InChI is InChI=1S/C21H26N4O3/c1-24-19-17(26)12-21(28-18(19)13-22-24)7-9-25(10-8-21)20(27)23-16-11-15(16)14-5-3-2-4-6-14/h2-6,13,15-17,26H,7-12H2,1H3,(H,23,27)/t15-,16+,17?/m0/s1. The lowest BCUT2D eigenvalue weighted by atomic mass is 9.83. The van der Waals surface area contributed by atoms with Gasteiger partial charge in [0.05, 0.1) is 6.20 Å². The van der Waals surface area contributed by atoms with E-state index in [9.17, 15) is 9.90 Å². The van der Waals surface area contributed by atoms with E-state index in [1.807, 2.05) is 30.1 Å². The van der Waals surface area contributed by atoms with Crippen molar-refractivity contribution in [2.75, 3.05) is 13.1 Å². The summed E-state index contributed by atoms with van der Waals surface area (Å²) in [7, 11) is 1.82. The van der Waals surface area contributed by atoms with Crippen LogP contribution in [0.2, 0.25) is 0 Å². The Kier molecular flexibility index (Phi) is 4.08. The number of hydrogen-bond acceptors (Lipinski definition) is 4. The molecule has 1 unspecified atom stereocenters. The highest BCUT2D eigenvalue weighted by molar-refractivity contribution is 5.75. The number of carbonyl (C=O) groups excluding carboxylic acids is 1. The SMILES string of the molecule is Cn1ncc2c1C(O)CC1(CCN(C(=O)N[C@@H]3C[C@H]3c3ccccc3)CC1)O2. The third-order valence-electron chi connectivity index (χ3n) is 6.45. The van der Waals surface area contributed by atoms with Crippen LogP contribution in [0, 0.1) is 0 Å². The van der Waals surface area contributed by atoms with Gasteiger partial charge in [-0.15, -0.1) is 0 Å². The molecule has 1 aromatic carbocycles. The number of benzene rings is 1. The van der Waals surface area contributed by atoms with Crippen molar-refractivity contribution < 1.29 is 14.6 Å². The topological polar surface area (TPSA) is 79.6 Å². The summed E-state index contributed by atoms with van der Waals surface area (Å²) < 4.78 is 7.92. The molecule has 5 rings (SSSR count). The van der Waals surface area contributed by atoms with Gasteiger partial charge < -0.3 is 20.1 Å². The fourth-order valence-electron chi connectivity index (χ4n) is 4.71. The second-order valence-electron chi connectivity index (χ2n) is 8.32. The van der Waals surface area contributed by atoms with Gasteiger partial charge in [0, 0.05) is 51.4 Å². The zero-order chi connectivity index (χ0) is 19.3. The van der Waals surface area contributed by atoms with Crippen molar-refractivity contribution in [3.63, 3.8) is 0 Å². The minimum Gasteiger partial charge on any atom is -0.483 e. The molecule has 1 aliphatic carbocycles. The first-order valence-electron chi connectivity index (χ1n) is 10.0. The second-order valence-corrected chi connectivity index (χ2v) is 8.32. The van der Waals surface area contributed by atoms with Crippen LogP contribution in [0.4, 0.5) is 4.79 Å². The first-order chi connectivity index (χ1) is 13.5. The van der Waals surface area contributed by atoms with E-state index in [-0.39, 0.29) is 12.1 Å². The largest absolute Gasteiger partial charge is 0.483 e. The zero-order valence-electron chi connectivity index (χ0n) is 16.0. The Hall–Kier alpha value is -2.54. The van der Waals surface area contributed by atoms with Crippen LogP contribution in [0.25, 0.3) is 0 Å². The molecule has 148 valence electrons. The maximum absolute atomic E-state index is 12.7. The van der Waals surface area contributed by atoms with Crippen molar-refractivity contribution in [3.05, 3.63) is 47.8 Å². The van der Waals surface area contributed by atoms with E-state index in [1.54, 1.807) is 10.9 Å². The van der Waals surface area contributed by atoms with Crippen molar-refractivity contribution >= 4 is 6.03 Å². The second kappa shape index (κ2) is 6.51. The molecule has 0 radical (unpaired) electrons. The molecule has 2 aliphatic heterocycles. The third kappa shape index (κ3) is 3.03. The molecule has 1 saturated carbocycles. The number of hydrogen-bond donors (Lipinski definition) is 2. The van der Waals surface area contributed by atoms with Crippen LogP contribution in [0.5, 0.6) is 5.75 Å². The third-order valence-corrected chi connectivity index (χ3v) is 6.45. The number of ether oxygens (including phenoxy) is 1. The fourth-order valence-corrected chi connectivity index (χ4v) is 4.71. The van der Waals surface area contributed by atoms with Crippen molar-refractivity contribution in [3.8, 4) is 5.75 Å². The number of aliphatic hydroxyl groups is 1. The van der Waals surface area contributed by atoms with Crippen molar-refractivity contribution in [2.45, 2.75) is 49.3 Å². The molecule has 3 aliphatic rings. The number of fused-ring (bicyclic) bond motifs is 1. The highest BCUT2D eigenvalue weighted by Crippen LogP contribution is 2.44. The molecule has 2 aromatic rings. The van der Waals surface area contributed by atoms with E-state index in [2.05, 4.69) is 22.5 Å². The Bertz CT molecular complexity index is 873. The van der Waals surface area contributed by atoms with Crippen LogP contribution in [-0.4, -0.2) is 50.6 Å². The Morgan fingerprint density at radius 1 is 1.29 bits per heavy atom. The molecule has 3 atom stereocenters. The molecule has 1 saturated heterocycles.